The van der Waals surface area contributed by atoms with E-state index in [1.165, 1.54) is 173 Å². The summed E-state index contributed by atoms with van der Waals surface area (Å²) in [5.41, 5.74) is 0. The van der Waals surface area contributed by atoms with Crippen LogP contribution in [0.5, 0.6) is 0 Å². The van der Waals surface area contributed by atoms with E-state index in [0.717, 1.165) is 116 Å². The number of ether oxygens (including phenoxy) is 2. The quantitative estimate of drug-likeness (QED) is 0.0195. The van der Waals surface area contributed by atoms with Crippen LogP contribution in [0.2, 0.25) is 0 Å². The predicted molar refractivity (Wildman–Crippen MR) is 406 cm³/mol. The summed E-state index contributed by atoms with van der Waals surface area (Å²) in [6, 6.07) is 0. The third kappa shape index (κ3) is 76.9. The van der Waals surface area contributed by atoms with E-state index in [-0.39, 0.29) is 32.0 Å². The van der Waals surface area contributed by atoms with Gasteiger partial charge in [0.2, 0.25) is 0 Å². The molecular formula is C84H144NO8P. The molecule has 0 aromatic carbocycles. The molecule has 0 saturated carbocycles. The lowest BCUT2D eigenvalue weighted by Gasteiger charge is -2.28. The van der Waals surface area contributed by atoms with Crippen molar-refractivity contribution < 1.29 is 42.1 Å². The summed E-state index contributed by atoms with van der Waals surface area (Å²) in [6.45, 7) is 4.13. The zero-order valence-electron chi connectivity index (χ0n) is 61.4. The molecule has 0 radical (unpaired) electrons. The number of carbonyl (C=O) groups is 2. The summed E-state index contributed by atoms with van der Waals surface area (Å²) < 4.78 is 34.4. The summed E-state index contributed by atoms with van der Waals surface area (Å²) in [7, 11) is 1.16. The number of phosphoric acid groups is 1. The molecule has 0 aromatic rings. The van der Waals surface area contributed by atoms with Crippen LogP contribution < -0.4 is 4.89 Å². The molecule has 0 heterocycles. The largest absolute Gasteiger partial charge is 0.756 e. The van der Waals surface area contributed by atoms with Gasteiger partial charge in [-0.3, -0.25) is 14.2 Å². The molecule has 538 valence electrons. The zero-order valence-corrected chi connectivity index (χ0v) is 62.3. The minimum absolute atomic E-state index is 0.0366. The van der Waals surface area contributed by atoms with Crippen molar-refractivity contribution in [1.82, 2.24) is 0 Å². The average molecular weight is 1330 g/mol. The Labute approximate surface area is 580 Å². The van der Waals surface area contributed by atoms with Gasteiger partial charge in [-0.25, -0.2) is 0 Å². The molecule has 0 spiro atoms. The summed E-state index contributed by atoms with van der Waals surface area (Å²) >= 11 is 0. The highest BCUT2D eigenvalue weighted by molar-refractivity contribution is 7.45. The molecule has 2 atom stereocenters. The molecule has 0 amide bonds. The first-order chi connectivity index (χ1) is 46.0. The number of rotatable bonds is 70. The molecule has 94 heavy (non-hydrogen) atoms. The van der Waals surface area contributed by atoms with Crippen LogP contribution in [0.25, 0.3) is 0 Å². The Bertz CT molecular complexity index is 2100. The number of quaternary nitrogens is 1. The molecular weight excluding hydrogens is 1180 g/mol. The fourth-order valence-electron chi connectivity index (χ4n) is 10.5. The Hall–Kier alpha value is -4.11. The maximum atomic E-state index is 12.9. The second-order valence-electron chi connectivity index (χ2n) is 26.6. The van der Waals surface area contributed by atoms with Gasteiger partial charge in [0.05, 0.1) is 27.7 Å². The van der Waals surface area contributed by atoms with E-state index in [9.17, 15) is 19.0 Å². The smallest absolute Gasteiger partial charge is 0.306 e. The molecule has 10 heteroatoms. The van der Waals surface area contributed by atoms with E-state index in [1.54, 1.807) is 0 Å². The van der Waals surface area contributed by atoms with Crippen molar-refractivity contribution in [3.8, 4) is 0 Å². The van der Waals surface area contributed by atoms with Gasteiger partial charge in [0, 0.05) is 12.8 Å². The van der Waals surface area contributed by atoms with Crippen LogP contribution in [0.15, 0.2) is 146 Å². The normalized spacial score (nSPS) is 13.9. The van der Waals surface area contributed by atoms with E-state index in [4.69, 9.17) is 18.5 Å². The summed E-state index contributed by atoms with van der Waals surface area (Å²) in [6.07, 6.45) is 108. The monoisotopic (exact) mass is 1330 g/mol. The van der Waals surface area contributed by atoms with E-state index in [1.807, 2.05) is 21.1 Å². The van der Waals surface area contributed by atoms with E-state index in [2.05, 4.69) is 160 Å². The van der Waals surface area contributed by atoms with Gasteiger partial charge >= 0.3 is 11.9 Å². The summed E-state index contributed by atoms with van der Waals surface area (Å²) in [5, 5.41) is 0. The summed E-state index contributed by atoms with van der Waals surface area (Å²) in [4.78, 5) is 38.2. The topological polar surface area (TPSA) is 111 Å². The molecule has 0 aliphatic rings. The third-order valence-corrected chi connectivity index (χ3v) is 17.3. The number of phosphoric ester groups is 1. The molecule has 0 aliphatic carbocycles. The van der Waals surface area contributed by atoms with Crippen molar-refractivity contribution in [2.45, 2.75) is 328 Å². The Morgan fingerprint density at radius 2 is 0.606 bits per heavy atom. The van der Waals surface area contributed by atoms with Gasteiger partial charge in [-0.15, -0.1) is 0 Å². The van der Waals surface area contributed by atoms with Crippen LogP contribution in [-0.2, 0) is 32.7 Å². The highest BCUT2D eigenvalue weighted by atomic mass is 31.2. The van der Waals surface area contributed by atoms with Gasteiger partial charge in [0.15, 0.2) is 6.10 Å². The number of esters is 2. The van der Waals surface area contributed by atoms with Crippen molar-refractivity contribution >= 4 is 19.8 Å². The van der Waals surface area contributed by atoms with Crippen molar-refractivity contribution in [2.24, 2.45) is 0 Å². The van der Waals surface area contributed by atoms with Gasteiger partial charge in [0.1, 0.15) is 19.8 Å². The second kappa shape index (κ2) is 73.1. The van der Waals surface area contributed by atoms with Crippen LogP contribution in [0, 0.1) is 0 Å². The minimum Gasteiger partial charge on any atom is -0.756 e. The first-order valence-electron chi connectivity index (χ1n) is 38.5. The summed E-state index contributed by atoms with van der Waals surface area (Å²) in [5.74, 6) is -0.834. The van der Waals surface area contributed by atoms with Crippen LogP contribution in [0.3, 0.4) is 0 Å². The molecule has 0 rings (SSSR count). The number of hydrogen-bond acceptors (Lipinski definition) is 8. The molecule has 0 bridgehead atoms. The average Bonchev–Trinajstić information content (AvgIpc) is 1.56. The van der Waals surface area contributed by atoms with Gasteiger partial charge in [0.25, 0.3) is 7.82 Å². The van der Waals surface area contributed by atoms with Gasteiger partial charge in [-0.1, -0.05) is 333 Å². The van der Waals surface area contributed by atoms with Crippen LogP contribution >= 0.6 is 7.82 Å². The first kappa shape index (κ1) is 89.9. The van der Waals surface area contributed by atoms with Crippen molar-refractivity contribution in [3.05, 3.63) is 146 Å². The Morgan fingerprint density at radius 1 is 0.340 bits per heavy atom. The molecule has 2 unspecified atom stereocenters. The maximum absolute atomic E-state index is 12.9. The second-order valence-corrected chi connectivity index (χ2v) is 28.0. The number of allylic oxidation sites excluding steroid dienone is 24. The van der Waals surface area contributed by atoms with Crippen LogP contribution in [-0.4, -0.2) is 70.0 Å². The fourth-order valence-corrected chi connectivity index (χ4v) is 11.2. The molecule has 0 saturated heterocycles. The van der Waals surface area contributed by atoms with E-state index < -0.39 is 26.5 Å². The van der Waals surface area contributed by atoms with Crippen molar-refractivity contribution in [2.75, 3.05) is 47.5 Å². The Kier molecular flexibility index (Phi) is 69.9. The number of carbonyl (C=O) groups excluding carboxylic acids is 2. The molecule has 0 aromatic heterocycles. The molecule has 9 nitrogen and oxygen atoms in total. The lowest BCUT2D eigenvalue weighted by atomic mass is 10.0. The standard InChI is InChI=1S/C84H144NO8P/c1-6-8-10-12-14-16-18-20-22-24-26-28-30-32-34-36-38-39-40-41-42-43-44-45-47-49-51-53-55-57-59-61-63-65-67-69-71-73-75-77-84(87)93-82(81-92-94(88,89)91-79-78-85(3,4)5)80-90-83(86)76-74-72-70-68-66-64-62-60-58-56-54-52-50-48-46-37-35-33-31-29-27-25-23-21-19-17-15-13-11-9-7-2/h8,10,14,16,19-22,25-28,31-34,38-39,41-42,44-45,49,51,82H,6-7,9,11-13,15,17-18,23-24,29-30,35-37,40,43,46-48,50,52-81H2,1-5H3/b10-8-,16-14-,21-19-,22-20-,27-25-,28-26-,33-31-,34-32-,39-38-,42-41-,45-44-,51-49-. The number of unbranched alkanes of at least 4 members (excludes halogenated alkanes) is 32. The van der Waals surface area contributed by atoms with Gasteiger partial charge < -0.3 is 27.9 Å². The lowest BCUT2D eigenvalue weighted by molar-refractivity contribution is -0.870. The first-order valence-corrected chi connectivity index (χ1v) is 40.0. The molecule has 0 N–H and O–H groups in total. The van der Waals surface area contributed by atoms with Crippen molar-refractivity contribution in [1.29, 1.82) is 0 Å². The zero-order chi connectivity index (χ0) is 68.3. The predicted octanol–water partition coefficient (Wildman–Crippen LogP) is 25.1. The van der Waals surface area contributed by atoms with E-state index >= 15 is 0 Å². The van der Waals surface area contributed by atoms with Crippen LogP contribution in [0.4, 0.5) is 0 Å². The Morgan fingerprint density at radius 3 is 0.904 bits per heavy atom. The van der Waals surface area contributed by atoms with Gasteiger partial charge in [-0.2, -0.15) is 0 Å². The Balaban J connectivity index is 4.05. The SMILES string of the molecule is CC/C=C\C/C=C\C/C=C\C/C=C\C/C=C\C/C=C\C/C=C\C/C=C\C/C=C\CCCCCCCCCCCCCC(=O)OC(COC(=O)CCCCCCCCCCCCCCCCCC/C=C\C/C=C\C/C=C\CCCCCCC)COP(=O)([O-])OCC[N+](C)(C)C. The van der Waals surface area contributed by atoms with Gasteiger partial charge in [-0.05, 0) is 122 Å². The number of likely N-dealkylation sites (N-methyl/N-ethyl adjacent to an activating group) is 1. The highest BCUT2D eigenvalue weighted by Crippen LogP contribution is 2.38. The maximum Gasteiger partial charge on any atom is 0.306 e. The molecule has 0 fully saturated rings. The number of hydrogen-bond donors (Lipinski definition) is 0. The van der Waals surface area contributed by atoms with Crippen molar-refractivity contribution in [3.63, 3.8) is 0 Å². The lowest BCUT2D eigenvalue weighted by Crippen LogP contribution is -2.37. The molecule has 0 aliphatic heterocycles. The van der Waals surface area contributed by atoms with E-state index in [0.29, 0.717) is 17.4 Å². The third-order valence-electron chi connectivity index (χ3n) is 16.3. The van der Waals surface area contributed by atoms with Crippen LogP contribution in [0.1, 0.15) is 322 Å². The fraction of sp³-hybridized carbons (Fsp3) is 0.690. The minimum atomic E-state index is -4.65. The highest BCUT2D eigenvalue weighted by Gasteiger charge is 2.22. The number of nitrogens with zero attached hydrogens (tertiary/aromatic N) is 1.